The van der Waals surface area contributed by atoms with Gasteiger partial charge in [-0.2, -0.15) is 0 Å². The van der Waals surface area contributed by atoms with Crippen LogP contribution < -0.4 is 0 Å². The molecule has 1 heterocycles. The topological polar surface area (TPSA) is 12.9 Å². The summed E-state index contributed by atoms with van der Waals surface area (Å²) in [6, 6.07) is 15.0. The first kappa shape index (κ1) is 12.9. The first-order valence-corrected chi connectivity index (χ1v) is 7.01. The summed E-state index contributed by atoms with van der Waals surface area (Å²) in [4.78, 5) is 4.89. The molecule has 0 bridgehead atoms. The van der Waals surface area contributed by atoms with Crippen molar-refractivity contribution < 1.29 is 0 Å². The van der Waals surface area contributed by atoms with Crippen molar-refractivity contribution in [3.05, 3.63) is 64.7 Å². The van der Waals surface area contributed by atoms with Crippen LogP contribution in [0.1, 0.15) is 22.3 Å². The normalized spacial score (nSPS) is 11.0. The molecule has 3 rings (SSSR count). The number of para-hydroxylation sites is 1. The fourth-order valence-electron chi connectivity index (χ4n) is 2.86. The molecule has 100 valence electrons. The van der Waals surface area contributed by atoms with Crippen molar-refractivity contribution in [1.29, 1.82) is 0 Å². The molecule has 0 aliphatic carbocycles. The van der Waals surface area contributed by atoms with Crippen LogP contribution in [0.3, 0.4) is 0 Å². The Morgan fingerprint density at radius 2 is 1.40 bits per heavy atom. The average Bonchev–Trinajstić information content (AvgIpc) is 2.42. The second-order valence-electron chi connectivity index (χ2n) is 5.60. The lowest BCUT2D eigenvalue weighted by Gasteiger charge is -2.13. The fraction of sp³-hybridized carbons (Fsp3) is 0.211. The molecule has 0 aliphatic rings. The molecule has 1 aromatic heterocycles. The zero-order valence-electron chi connectivity index (χ0n) is 12.5. The zero-order valence-corrected chi connectivity index (χ0v) is 12.5. The molecule has 20 heavy (non-hydrogen) atoms. The molecule has 3 aromatic rings. The lowest BCUT2D eigenvalue weighted by molar-refractivity contribution is 1.27. The Hall–Kier alpha value is -2.15. The molecule has 0 aliphatic heterocycles. The van der Waals surface area contributed by atoms with E-state index in [2.05, 4.69) is 70.2 Å². The van der Waals surface area contributed by atoms with Crippen LogP contribution >= 0.6 is 0 Å². The fourth-order valence-corrected chi connectivity index (χ4v) is 2.86. The van der Waals surface area contributed by atoms with Crippen LogP contribution in [0.25, 0.3) is 22.2 Å². The van der Waals surface area contributed by atoms with E-state index in [1.165, 1.54) is 33.2 Å². The van der Waals surface area contributed by atoms with Crippen LogP contribution in [0, 0.1) is 27.7 Å². The summed E-state index contributed by atoms with van der Waals surface area (Å²) in [6.07, 6.45) is 0. The van der Waals surface area contributed by atoms with Crippen molar-refractivity contribution in [2.75, 3.05) is 0 Å². The van der Waals surface area contributed by atoms with E-state index in [4.69, 9.17) is 4.98 Å². The van der Waals surface area contributed by atoms with E-state index in [1.807, 2.05) is 0 Å². The number of rotatable bonds is 1. The van der Waals surface area contributed by atoms with Gasteiger partial charge in [-0.15, -0.1) is 0 Å². The van der Waals surface area contributed by atoms with E-state index in [1.54, 1.807) is 0 Å². The van der Waals surface area contributed by atoms with Crippen molar-refractivity contribution in [3.63, 3.8) is 0 Å². The minimum absolute atomic E-state index is 1.07. The number of nitrogens with zero attached hydrogens (tertiary/aromatic N) is 1. The maximum atomic E-state index is 4.89. The molecule has 0 atom stereocenters. The van der Waals surface area contributed by atoms with Crippen LogP contribution in [0.2, 0.25) is 0 Å². The summed E-state index contributed by atoms with van der Waals surface area (Å²) >= 11 is 0. The highest BCUT2D eigenvalue weighted by Crippen LogP contribution is 2.29. The first-order chi connectivity index (χ1) is 9.56. The van der Waals surface area contributed by atoms with Crippen molar-refractivity contribution in [3.8, 4) is 11.3 Å². The Morgan fingerprint density at radius 3 is 2.10 bits per heavy atom. The van der Waals surface area contributed by atoms with Crippen molar-refractivity contribution in [1.82, 2.24) is 4.98 Å². The van der Waals surface area contributed by atoms with E-state index in [0.717, 1.165) is 11.2 Å². The second-order valence-corrected chi connectivity index (χ2v) is 5.60. The van der Waals surface area contributed by atoms with Gasteiger partial charge < -0.3 is 0 Å². The van der Waals surface area contributed by atoms with Crippen LogP contribution in [0.4, 0.5) is 0 Å². The summed E-state index contributed by atoms with van der Waals surface area (Å²) < 4.78 is 0. The molecule has 2 aromatic carbocycles. The lowest BCUT2D eigenvalue weighted by Crippen LogP contribution is -1.95. The molecule has 1 heteroatoms. The van der Waals surface area contributed by atoms with Crippen molar-refractivity contribution in [2.24, 2.45) is 0 Å². The largest absolute Gasteiger partial charge is 0.247 e. The van der Waals surface area contributed by atoms with Crippen molar-refractivity contribution in [2.45, 2.75) is 27.7 Å². The zero-order chi connectivity index (χ0) is 14.3. The van der Waals surface area contributed by atoms with Gasteiger partial charge in [0.05, 0.1) is 11.2 Å². The van der Waals surface area contributed by atoms with E-state index < -0.39 is 0 Å². The number of fused-ring (bicyclic) bond motifs is 1. The van der Waals surface area contributed by atoms with Gasteiger partial charge in [0.2, 0.25) is 0 Å². The Kier molecular flexibility index (Phi) is 3.06. The highest BCUT2D eigenvalue weighted by molar-refractivity contribution is 5.87. The number of aromatic nitrogens is 1. The molecule has 1 nitrogen and oxygen atoms in total. The Bertz CT molecular complexity index is 780. The van der Waals surface area contributed by atoms with Gasteiger partial charge in [-0.25, -0.2) is 4.98 Å². The second kappa shape index (κ2) is 4.75. The maximum absolute atomic E-state index is 4.89. The van der Waals surface area contributed by atoms with Gasteiger partial charge in [0.15, 0.2) is 0 Å². The molecular weight excluding hydrogens is 242 g/mol. The standard InChI is InChI=1S/C19H19N/c1-12-9-13(2)11-16(10-12)19-15(4)14(3)17-7-5-6-8-18(17)20-19/h5-11H,1-4H3. The Labute approximate surface area is 120 Å². The predicted octanol–water partition coefficient (Wildman–Crippen LogP) is 5.14. The molecule has 0 saturated heterocycles. The molecular formula is C19H19N. The highest BCUT2D eigenvalue weighted by Gasteiger charge is 2.10. The summed E-state index contributed by atoms with van der Waals surface area (Å²) in [5.41, 5.74) is 8.56. The van der Waals surface area contributed by atoms with E-state index in [-0.39, 0.29) is 0 Å². The van der Waals surface area contributed by atoms with Crippen LogP contribution in [-0.2, 0) is 0 Å². The van der Waals surface area contributed by atoms with Gasteiger partial charge in [-0.05, 0) is 57.0 Å². The molecule has 0 radical (unpaired) electrons. The third kappa shape index (κ3) is 2.09. The van der Waals surface area contributed by atoms with Crippen LogP contribution in [0.15, 0.2) is 42.5 Å². The summed E-state index contributed by atoms with van der Waals surface area (Å²) in [5.74, 6) is 0. The van der Waals surface area contributed by atoms with Crippen LogP contribution in [-0.4, -0.2) is 4.98 Å². The van der Waals surface area contributed by atoms with E-state index >= 15 is 0 Å². The predicted molar refractivity (Wildman–Crippen MR) is 86.1 cm³/mol. The monoisotopic (exact) mass is 261 g/mol. The number of hydrogen-bond acceptors (Lipinski definition) is 1. The minimum Gasteiger partial charge on any atom is -0.247 e. The third-order valence-electron chi connectivity index (χ3n) is 3.95. The lowest BCUT2D eigenvalue weighted by atomic mass is 9.97. The van der Waals surface area contributed by atoms with Gasteiger partial charge in [0, 0.05) is 10.9 Å². The number of hydrogen-bond donors (Lipinski definition) is 0. The summed E-state index contributed by atoms with van der Waals surface area (Å²) in [6.45, 7) is 8.63. The molecule has 0 amide bonds. The van der Waals surface area contributed by atoms with Crippen LogP contribution in [0.5, 0.6) is 0 Å². The number of pyridine rings is 1. The molecule has 0 unspecified atom stereocenters. The first-order valence-electron chi connectivity index (χ1n) is 7.01. The minimum atomic E-state index is 1.07. The van der Waals surface area contributed by atoms with Gasteiger partial charge in [-0.3, -0.25) is 0 Å². The maximum Gasteiger partial charge on any atom is 0.0741 e. The quantitative estimate of drug-likeness (QED) is 0.591. The van der Waals surface area contributed by atoms with Gasteiger partial charge in [-0.1, -0.05) is 35.4 Å². The molecule has 0 saturated carbocycles. The summed E-state index contributed by atoms with van der Waals surface area (Å²) in [5, 5.41) is 1.25. The average molecular weight is 261 g/mol. The number of aryl methyl sites for hydroxylation is 3. The smallest absolute Gasteiger partial charge is 0.0741 e. The molecule has 0 spiro atoms. The van der Waals surface area contributed by atoms with Crippen molar-refractivity contribution >= 4 is 10.9 Å². The Morgan fingerprint density at radius 1 is 0.750 bits per heavy atom. The van der Waals surface area contributed by atoms with Gasteiger partial charge >= 0.3 is 0 Å². The van der Waals surface area contributed by atoms with E-state index in [0.29, 0.717) is 0 Å². The molecule has 0 fully saturated rings. The van der Waals surface area contributed by atoms with Gasteiger partial charge in [0.1, 0.15) is 0 Å². The highest BCUT2D eigenvalue weighted by atomic mass is 14.7. The molecule has 0 N–H and O–H groups in total. The Balaban J connectivity index is 2.33. The third-order valence-corrected chi connectivity index (χ3v) is 3.95. The summed E-state index contributed by atoms with van der Waals surface area (Å²) in [7, 11) is 0. The number of benzene rings is 2. The SMILES string of the molecule is Cc1cc(C)cc(-c2nc3ccccc3c(C)c2C)c1. The van der Waals surface area contributed by atoms with E-state index in [9.17, 15) is 0 Å². The van der Waals surface area contributed by atoms with Gasteiger partial charge in [0.25, 0.3) is 0 Å².